The number of esters is 1. The summed E-state index contributed by atoms with van der Waals surface area (Å²) in [5, 5.41) is 3.25. The fourth-order valence-electron chi connectivity index (χ4n) is 1.68. The smallest absolute Gasteiger partial charge is 0.327 e. The number of methoxy groups -OCH3 is 2. The van der Waals surface area contributed by atoms with Crippen molar-refractivity contribution in [2.75, 3.05) is 47.5 Å². The normalized spacial score (nSPS) is 14.7. The molecule has 102 valence electrons. The highest BCUT2D eigenvalue weighted by Gasteiger charge is 2.34. The van der Waals surface area contributed by atoms with E-state index in [2.05, 4.69) is 17.1 Å². The van der Waals surface area contributed by atoms with Crippen molar-refractivity contribution in [1.82, 2.24) is 10.2 Å². The number of likely N-dealkylation sites (N-methyl/N-ethyl adjacent to an activating group) is 1. The van der Waals surface area contributed by atoms with E-state index in [1.807, 2.05) is 14.0 Å². The fraction of sp³-hybridized carbons (Fsp3) is 0.917. The van der Waals surface area contributed by atoms with E-state index < -0.39 is 5.54 Å². The number of ether oxygens (including phenoxy) is 2. The minimum atomic E-state index is -0.659. The zero-order chi connectivity index (χ0) is 13.3. The Kier molecular flexibility index (Phi) is 8.12. The first-order valence-electron chi connectivity index (χ1n) is 6.01. The molecule has 0 aliphatic heterocycles. The van der Waals surface area contributed by atoms with Crippen molar-refractivity contribution in [3.8, 4) is 0 Å². The minimum absolute atomic E-state index is 0.227. The quantitative estimate of drug-likeness (QED) is 0.600. The largest absolute Gasteiger partial charge is 0.468 e. The SMILES string of the molecule is CCCNC(C)(CN(C)CCOC)C(=O)OC. The number of nitrogens with zero attached hydrogens (tertiary/aromatic N) is 1. The van der Waals surface area contributed by atoms with Crippen LogP contribution in [0.4, 0.5) is 0 Å². The van der Waals surface area contributed by atoms with E-state index in [4.69, 9.17) is 9.47 Å². The van der Waals surface area contributed by atoms with Crippen LogP contribution in [-0.2, 0) is 14.3 Å². The molecular weight excluding hydrogens is 220 g/mol. The highest BCUT2D eigenvalue weighted by atomic mass is 16.5. The van der Waals surface area contributed by atoms with Gasteiger partial charge in [-0.25, -0.2) is 0 Å². The van der Waals surface area contributed by atoms with Gasteiger partial charge >= 0.3 is 5.97 Å². The maximum Gasteiger partial charge on any atom is 0.327 e. The maximum atomic E-state index is 11.8. The van der Waals surface area contributed by atoms with Crippen molar-refractivity contribution >= 4 is 5.97 Å². The Labute approximate surface area is 104 Å². The maximum absolute atomic E-state index is 11.8. The lowest BCUT2D eigenvalue weighted by Crippen LogP contribution is -2.57. The summed E-state index contributed by atoms with van der Waals surface area (Å²) in [6, 6.07) is 0. The first-order valence-corrected chi connectivity index (χ1v) is 6.01. The van der Waals surface area contributed by atoms with E-state index in [-0.39, 0.29) is 5.97 Å². The predicted octanol–water partition coefficient (Wildman–Crippen LogP) is 0.496. The summed E-state index contributed by atoms with van der Waals surface area (Å²) in [5.74, 6) is -0.227. The lowest BCUT2D eigenvalue weighted by molar-refractivity contribution is -0.148. The van der Waals surface area contributed by atoms with Crippen molar-refractivity contribution < 1.29 is 14.3 Å². The summed E-state index contributed by atoms with van der Waals surface area (Å²) in [5.41, 5.74) is -0.659. The summed E-state index contributed by atoms with van der Waals surface area (Å²) in [7, 11) is 5.06. The van der Waals surface area contributed by atoms with E-state index >= 15 is 0 Å². The Balaban J connectivity index is 4.41. The van der Waals surface area contributed by atoms with Crippen LogP contribution in [0.5, 0.6) is 0 Å². The van der Waals surface area contributed by atoms with Crippen LogP contribution < -0.4 is 5.32 Å². The van der Waals surface area contributed by atoms with Crippen LogP contribution >= 0.6 is 0 Å². The molecular formula is C12H26N2O3. The monoisotopic (exact) mass is 246 g/mol. The number of carbonyl (C=O) groups is 1. The highest BCUT2D eigenvalue weighted by Crippen LogP contribution is 2.08. The second-order valence-corrected chi connectivity index (χ2v) is 4.48. The summed E-state index contributed by atoms with van der Waals surface area (Å²) < 4.78 is 9.88. The summed E-state index contributed by atoms with van der Waals surface area (Å²) >= 11 is 0. The summed E-state index contributed by atoms with van der Waals surface area (Å²) in [6.45, 7) is 6.78. The zero-order valence-corrected chi connectivity index (χ0v) is 11.7. The molecule has 0 rings (SSSR count). The van der Waals surface area contributed by atoms with Gasteiger partial charge in [-0.3, -0.25) is 4.79 Å². The second-order valence-electron chi connectivity index (χ2n) is 4.48. The standard InChI is InChI=1S/C12H26N2O3/c1-6-7-13-12(2,11(15)17-5)10-14(3)8-9-16-4/h13H,6-10H2,1-5H3. The lowest BCUT2D eigenvalue weighted by Gasteiger charge is -2.32. The lowest BCUT2D eigenvalue weighted by atomic mass is 10.0. The molecule has 0 saturated heterocycles. The van der Waals surface area contributed by atoms with Crippen LogP contribution in [0.2, 0.25) is 0 Å². The molecule has 0 heterocycles. The molecule has 0 aromatic heterocycles. The van der Waals surface area contributed by atoms with Crippen LogP contribution in [0.15, 0.2) is 0 Å². The molecule has 1 atom stereocenters. The number of nitrogens with one attached hydrogen (secondary N) is 1. The number of carbonyl (C=O) groups excluding carboxylic acids is 1. The van der Waals surface area contributed by atoms with Gasteiger partial charge < -0.3 is 19.7 Å². The van der Waals surface area contributed by atoms with Gasteiger partial charge in [-0.05, 0) is 26.9 Å². The van der Waals surface area contributed by atoms with Crippen molar-refractivity contribution in [2.24, 2.45) is 0 Å². The van der Waals surface area contributed by atoms with Crippen LogP contribution in [0, 0.1) is 0 Å². The van der Waals surface area contributed by atoms with Gasteiger partial charge in [-0.2, -0.15) is 0 Å². The molecule has 0 radical (unpaired) electrons. The predicted molar refractivity (Wildman–Crippen MR) is 68.1 cm³/mol. The molecule has 0 spiro atoms. The molecule has 5 heteroatoms. The molecule has 0 aliphatic rings. The number of rotatable bonds is 9. The van der Waals surface area contributed by atoms with E-state index in [9.17, 15) is 4.79 Å². The Hall–Kier alpha value is -0.650. The van der Waals surface area contributed by atoms with Crippen molar-refractivity contribution in [3.05, 3.63) is 0 Å². The van der Waals surface area contributed by atoms with Gasteiger partial charge in [0.1, 0.15) is 5.54 Å². The first kappa shape index (κ1) is 16.4. The van der Waals surface area contributed by atoms with Crippen LogP contribution in [0.25, 0.3) is 0 Å². The molecule has 1 N–H and O–H groups in total. The topological polar surface area (TPSA) is 50.8 Å². The molecule has 17 heavy (non-hydrogen) atoms. The Morgan fingerprint density at radius 2 is 2.06 bits per heavy atom. The molecule has 0 aliphatic carbocycles. The van der Waals surface area contributed by atoms with Crippen LogP contribution in [-0.4, -0.2) is 63.9 Å². The highest BCUT2D eigenvalue weighted by molar-refractivity contribution is 5.80. The molecule has 0 saturated carbocycles. The third kappa shape index (κ3) is 6.00. The van der Waals surface area contributed by atoms with Crippen molar-refractivity contribution in [2.45, 2.75) is 25.8 Å². The van der Waals surface area contributed by atoms with Crippen molar-refractivity contribution in [3.63, 3.8) is 0 Å². The van der Waals surface area contributed by atoms with E-state index in [0.29, 0.717) is 13.2 Å². The molecule has 5 nitrogen and oxygen atoms in total. The third-order valence-corrected chi connectivity index (χ3v) is 2.66. The van der Waals surface area contributed by atoms with Gasteiger partial charge in [0.2, 0.25) is 0 Å². The Bertz CT molecular complexity index is 224. The van der Waals surface area contributed by atoms with E-state index in [0.717, 1.165) is 19.5 Å². The summed E-state index contributed by atoms with van der Waals surface area (Å²) in [6.07, 6.45) is 0.981. The third-order valence-electron chi connectivity index (χ3n) is 2.66. The van der Waals surface area contributed by atoms with Gasteiger partial charge in [0, 0.05) is 20.2 Å². The zero-order valence-electron chi connectivity index (χ0n) is 11.7. The fourth-order valence-corrected chi connectivity index (χ4v) is 1.68. The Morgan fingerprint density at radius 1 is 1.41 bits per heavy atom. The minimum Gasteiger partial charge on any atom is -0.468 e. The van der Waals surface area contributed by atoms with Crippen LogP contribution in [0.3, 0.4) is 0 Å². The summed E-state index contributed by atoms with van der Waals surface area (Å²) in [4.78, 5) is 13.9. The van der Waals surface area contributed by atoms with E-state index in [1.165, 1.54) is 7.11 Å². The molecule has 0 fully saturated rings. The number of hydrogen-bond donors (Lipinski definition) is 1. The Morgan fingerprint density at radius 3 is 2.53 bits per heavy atom. The van der Waals surface area contributed by atoms with Gasteiger partial charge in [-0.1, -0.05) is 6.92 Å². The second kappa shape index (κ2) is 8.44. The van der Waals surface area contributed by atoms with Crippen LogP contribution in [0.1, 0.15) is 20.3 Å². The molecule has 0 bridgehead atoms. The van der Waals surface area contributed by atoms with Gasteiger partial charge in [0.05, 0.1) is 13.7 Å². The van der Waals surface area contributed by atoms with Crippen molar-refractivity contribution in [1.29, 1.82) is 0 Å². The molecule has 0 aromatic carbocycles. The first-order chi connectivity index (χ1) is 8.00. The van der Waals surface area contributed by atoms with E-state index in [1.54, 1.807) is 7.11 Å². The molecule has 1 unspecified atom stereocenters. The van der Waals surface area contributed by atoms with Gasteiger partial charge in [0.25, 0.3) is 0 Å². The molecule has 0 aromatic rings. The average Bonchev–Trinajstić information content (AvgIpc) is 2.32. The number of hydrogen-bond acceptors (Lipinski definition) is 5. The van der Waals surface area contributed by atoms with Gasteiger partial charge in [-0.15, -0.1) is 0 Å². The molecule has 0 amide bonds. The van der Waals surface area contributed by atoms with Gasteiger partial charge in [0.15, 0.2) is 0 Å². The average molecular weight is 246 g/mol.